The molecule has 11 nitrogen and oxygen atoms in total. The Kier molecular flexibility index (Phi) is 9.98. The summed E-state index contributed by atoms with van der Waals surface area (Å²) in [5, 5.41) is 16.6. The number of hydrogen-bond donors (Lipinski definition) is 5. The zero-order chi connectivity index (χ0) is 40.1. The lowest BCUT2D eigenvalue weighted by Gasteiger charge is -2.19. The first kappa shape index (κ1) is 37.8. The number of fused-ring (bicyclic) bond motifs is 6. The highest BCUT2D eigenvalue weighted by Crippen LogP contribution is 2.42. The Labute approximate surface area is 330 Å². The quantitative estimate of drug-likeness (QED) is 0.0817. The van der Waals surface area contributed by atoms with Crippen LogP contribution in [0.4, 0.5) is 4.39 Å². The van der Waals surface area contributed by atoms with Gasteiger partial charge >= 0.3 is 0 Å². The number of phenols is 1. The van der Waals surface area contributed by atoms with Gasteiger partial charge in [0.1, 0.15) is 10.4 Å². The number of nitrogens with two attached hydrogens (primary N) is 1. The topological polar surface area (TPSA) is 168 Å². The minimum atomic E-state index is -0.446. The van der Waals surface area contributed by atoms with Gasteiger partial charge in [-0.3, -0.25) is 9.59 Å². The average Bonchev–Trinajstić information content (AvgIpc) is 3.63. The number of rotatable bonds is 11. The Bertz CT molecular complexity index is 2960. The van der Waals surface area contributed by atoms with Crippen molar-refractivity contribution in [2.75, 3.05) is 27.3 Å². The molecule has 13 heteroatoms. The summed E-state index contributed by atoms with van der Waals surface area (Å²) in [5.41, 5.74) is 12.6. The second kappa shape index (κ2) is 15.1. The molecule has 0 spiro atoms. The van der Waals surface area contributed by atoms with E-state index in [2.05, 4.69) is 34.1 Å². The number of nitrogens with one attached hydrogen (secondary N) is 3. The molecule has 0 aliphatic heterocycles. The predicted octanol–water partition coefficient (Wildman–Crippen LogP) is 7.99. The molecule has 3 aromatic carbocycles. The molecule has 0 radical (unpaired) electrons. The van der Waals surface area contributed by atoms with Gasteiger partial charge in [0, 0.05) is 34.6 Å². The summed E-state index contributed by atoms with van der Waals surface area (Å²) < 4.78 is 26.5. The lowest BCUT2D eigenvalue weighted by Crippen LogP contribution is -2.21. The van der Waals surface area contributed by atoms with Crippen molar-refractivity contribution in [1.29, 1.82) is 0 Å². The SMILES string of the molecule is COc1nc(C)c2[nH]c(=O)c3sc(F)cc3c2c1-c1ccc(C(C)CNCc2nc(OC)c(-c3ccc(C(C)CN)cc3)c3c2[nH]c(=O)c2c(O)cccc23)cc1. The molecule has 2 atom stereocenters. The molecule has 0 aliphatic carbocycles. The Morgan fingerprint density at radius 2 is 1.40 bits per heavy atom. The van der Waals surface area contributed by atoms with E-state index < -0.39 is 10.7 Å². The normalized spacial score (nSPS) is 12.8. The second-order valence-corrected chi connectivity index (χ2v) is 15.3. The molecular weight excluding hydrogens is 744 g/mol. The van der Waals surface area contributed by atoms with Gasteiger partial charge in [-0.1, -0.05) is 74.5 Å². The molecule has 5 aromatic heterocycles. The van der Waals surface area contributed by atoms with Crippen LogP contribution in [0, 0.1) is 12.1 Å². The van der Waals surface area contributed by atoms with Crippen molar-refractivity contribution in [2.24, 2.45) is 5.73 Å². The van der Waals surface area contributed by atoms with Crippen molar-refractivity contribution in [1.82, 2.24) is 25.3 Å². The van der Waals surface area contributed by atoms with E-state index in [1.165, 1.54) is 12.1 Å². The van der Waals surface area contributed by atoms with Crippen LogP contribution in [0.25, 0.3) is 64.9 Å². The van der Waals surface area contributed by atoms with E-state index in [1.54, 1.807) is 27.2 Å². The molecule has 5 heterocycles. The predicted molar refractivity (Wildman–Crippen MR) is 226 cm³/mol. The van der Waals surface area contributed by atoms with Crippen molar-refractivity contribution in [2.45, 2.75) is 39.2 Å². The van der Waals surface area contributed by atoms with Gasteiger partial charge in [-0.25, -0.2) is 9.97 Å². The molecule has 8 aromatic rings. The fourth-order valence-corrected chi connectivity index (χ4v) is 8.53. The van der Waals surface area contributed by atoms with Crippen molar-refractivity contribution >= 4 is 54.0 Å². The van der Waals surface area contributed by atoms with E-state index in [9.17, 15) is 19.1 Å². The maximum atomic E-state index is 14.5. The maximum absolute atomic E-state index is 14.5. The van der Waals surface area contributed by atoms with Gasteiger partial charge in [0.25, 0.3) is 11.1 Å². The summed E-state index contributed by atoms with van der Waals surface area (Å²) in [6, 6.07) is 22.6. The van der Waals surface area contributed by atoms with Gasteiger partial charge in [-0.15, -0.1) is 11.3 Å². The first-order valence-electron chi connectivity index (χ1n) is 18.6. The van der Waals surface area contributed by atoms with Crippen LogP contribution in [-0.2, 0) is 6.54 Å². The van der Waals surface area contributed by atoms with Gasteiger partial charge < -0.3 is 35.6 Å². The number of aromatic hydroxyl groups is 1. The van der Waals surface area contributed by atoms with Crippen LogP contribution < -0.4 is 31.6 Å². The lowest BCUT2D eigenvalue weighted by molar-refractivity contribution is 0.398. The summed E-state index contributed by atoms with van der Waals surface area (Å²) in [6.07, 6.45) is 0. The third-order valence-corrected chi connectivity index (χ3v) is 11.7. The van der Waals surface area contributed by atoms with Crippen LogP contribution in [0.15, 0.2) is 82.4 Å². The van der Waals surface area contributed by atoms with Crippen molar-refractivity contribution in [3.05, 3.63) is 121 Å². The third-order valence-electron chi connectivity index (χ3n) is 10.8. The molecule has 0 saturated carbocycles. The van der Waals surface area contributed by atoms with E-state index in [0.717, 1.165) is 33.6 Å². The van der Waals surface area contributed by atoms with E-state index in [-0.39, 0.29) is 28.5 Å². The number of halogens is 1. The minimum absolute atomic E-state index is 0.0570. The number of thiophene rings is 1. The first-order valence-corrected chi connectivity index (χ1v) is 19.4. The number of methoxy groups -OCH3 is 2. The van der Waals surface area contributed by atoms with Crippen molar-refractivity contribution < 1.29 is 19.0 Å². The summed E-state index contributed by atoms with van der Waals surface area (Å²) in [7, 11) is 3.11. The fourth-order valence-electron chi connectivity index (χ4n) is 7.74. The first-order chi connectivity index (χ1) is 27.5. The van der Waals surface area contributed by atoms with Gasteiger partial charge in [-0.2, -0.15) is 4.39 Å². The number of pyridine rings is 4. The standard InChI is InChI=1S/C44H41FN6O5S/c1-21(18-46)24-9-13-26(14-10-24)33-36-28-7-6-8-31(52)35(28)41(53)51-39(36)30(49-44(33)56-5)20-47-19-22(2)25-11-15-27(16-12-25)34-37-29-17-32(45)57-40(29)42(54)50-38(37)23(3)48-43(34)55-4/h6-17,21-22,47,52H,18-20,46H2,1-5H3,(H,50,54)(H,51,53). The van der Waals surface area contributed by atoms with Crippen LogP contribution in [0.5, 0.6) is 17.5 Å². The van der Waals surface area contributed by atoms with Crippen LogP contribution in [0.2, 0.25) is 0 Å². The molecular formula is C44H41FN6O5S. The molecule has 0 aliphatic rings. The number of benzene rings is 3. The number of hydrogen-bond acceptors (Lipinski definition) is 10. The largest absolute Gasteiger partial charge is 0.507 e. The van der Waals surface area contributed by atoms with E-state index in [4.69, 9.17) is 20.2 Å². The molecule has 2 unspecified atom stereocenters. The molecule has 0 bridgehead atoms. The number of nitrogens with zero attached hydrogens (tertiary/aromatic N) is 2. The van der Waals surface area contributed by atoms with Crippen molar-refractivity contribution in [3.8, 4) is 39.8 Å². The van der Waals surface area contributed by atoms with E-state index in [1.807, 2.05) is 54.6 Å². The van der Waals surface area contributed by atoms with Gasteiger partial charge in [0.15, 0.2) is 5.13 Å². The molecule has 6 N–H and O–H groups in total. The Balaban J connectivity index is 1.12. The molecule has 290 valence electrons. The van der Waals surface area contributed by atoms with Gasteiger partial charge in [-0.05, 0) is 59.7 Å². The van der Waals surface area contributed by atoms with Crippen LogP contribution in [-0.4, -0.2) is 52.4 Å². The molecule has 0 fully saturated rings. The number of aromatic amines is 2. The summed E-state index contributed by atoms with van der Waals surface area (Å²) >= 11 is 0.813. The molecule has 0 saturated heterocycles. The lowest BCUT2D eigenvalue weighted by atomic mass is 9.93. The zero-order valence-electron chi connectivity index (χ0n) is 32.0. The van der Waals surface area contributed by atoms with Crippen molar-refractivity contribution in [3.63, 3.8) is 0 Å². The Hall–Kier alpha value is -6.15. The Morgan fingerprint density at radius 3 is 2.04 bits per heavy atom. The number of aryl methyl sites for hydroxylation is 1. The summed E-state index contributed by atoms with van der Waals surface area (Å²) in [5.74, 6) is 0.896. The minimum Gasteiger partial charge on any atom is -0.507 e. The van der Waals surface area contributed by atoms with E-state index in [0.29, 0.717) is 91.2 Å². The zero-order valence-corrected chi connectivity index (χ0v) is 32.9. The monoisotopic (exact) mass is 784 g/mol. The Morgan fingerprint density at radius 1 is 0.807 bits per heavy atom. The highest BCUT2D eigenvalue weighted by Gasteiger charge is 2.23. The number of aromatic nitrogens is 4. The van der Waals surface area contributed by atoms with Crippen LogP contribution in [0.1, 0.15) is 48.2 Å². The second-order valence-electron chi connectivity index (χ2n) is 14.3. The maximum Gasteiger partial charge on any atom is 0.266 e. The molecule has 0 amide bonds. The number of ether oxygens (including phenoxy) is 2. The van der Waals surface area contributed by atoms with Gasteiger partial charge in [0.05, 0.1) is 53.2 Å². The summed E-state index contributed by atoms with van der Waals surface area (Å²) in [4.78, 5) is 41.8. The number of H-pyrrole nitrogens is 2. The fraction of sp³-hybridized carbons (Fsp3) is 0.227. The molecule has 8 rings (SSSR count). The van der Waals surface area contributed by atoms with Crippen LogP contribution >= 0.6 is 11.3 Å². The molecule has 57 heavy (non-hydrogen) atoms. The van der Waals surface area contributed by atoms with Crippen LogP contribution in [0.3, 0.4) is 0 Å². The summed E-state index contributed by atoms with van der Waals surface area (Å²) in [6.45, 7) is 7.37. The van der Waals surface area contributed by atoms with Gasteiger partial charge in [0.2, 0.25) is 11.8 Å². The average molecular weight is 785 g/mol. The third kappa shape index (κ3) is 6.57. The highest BCUT2D eigenvalue weighted by atomic mass is 32.1. The smallest absolute Gasteiger partial charge is 0.266 e. The number of phenolic OH excluding ortho intramolecular Hbond substituents is 1. The highest BCUT2D eigenvalue weighted by molar-refractivity contribution is 7.17. The van der Waals surface area contributed by atoms with E-state index >= 15 is 0 Å².